The van der Waals surface area contributed by atoms with Crippen molar-refractivity contribution in [1.29, 1.82) is 0 Å². The fourth-order valence-corrected chi connectivity index (χ4v) is 2.58. The largest absolute Gasteiger partial charge is 0.478 e. The normalized spacial score (nSPS) is 14.3. The van der Waals surface area contributed by atoms with Gasteiger partial charge >= 0.3 is 5.97 Å². The molecule has 0 aliphatic carbocycles. The Labute approximate surface area is 117 Å². The van der Waals surface area contributed by atoms with E-state index in [2.05, 4.69) is 22.2 Å². The number of benzene rings is 2. The Bertz CT molecular complexity index is 640. The van der Waals surface area contributed by atoms with Gasteiger partial charge in [-0.2, -0.15) is 0 Å². The fraction of sp³-hybridized carbons (Fsp3) is 0.188. The van der Waals surface area contributed by atoms with Crippen LogP contribution in [0, 0.1) is 0 Å². The Balaban J connectivity index is 1.90. The number of carbonyl (C=O) groups is 1. The van der Waals surface area contributed by atoms with E-state index in [1.165, 1.54) is 5.56 Å². The van der Waals surface area contributed by atoms with E-state index < -0.39 is 5.97 Å². The predicted octanol–water partition coefficient (Wildman–Crippen LogP) is 2.75. The van der Waals surface area contributed by atoms with Crippen LogP contribution in [0.5, 0.6) is 0 Å². The zero-order valence-electron chi connectivity index (χ0n) is 11.3. The van der Waals surface area contributed by atoms with E-state index in [-0.39, 0.29) is 0 Å². The summed E-state index contributed by atoms with van der Waals surface area (Å²) in [5.41, 5.74) is 3.72. The standard InChI is InChI=1S/C16H16N2O2/c1-17-11-14-9-13(16(19)20)7-8-15(14)18(17)10-12-5-3-2-4-6-12/h2-9H,10-11H2,1H3,(H,19,20). The van der Waals surface area contributed by atoms with Crippen molar-refractivity contribution in [3.05, 3.63) is 65.2 Å². The van der Waals surface area contributed by atoms with Crippen LogP contribution in [0.4, 0.5) is 5.69 Å². The van der Waals surface area contributed by atoms with Gasteiger partial charge in [-0.25, -0.2) is 9.80 Å². The SMILES string of the molecule is CN1Cc2cc(C(=O)O)ccc2N1Cc1ccccc1. The van der Waals surface area contributed by atoms with Crippen LogP contribution in [0.25, 0.3) is 0 Å². The molecule has 1 heterocycles. The molecule has 20 heavy (non-hydrogen) atoms. The zero-order chi connectivity index (χ0) is 14.1. The van der Waals surface area contributed by atoms with Gasteiger partial charge in [0.15, 0.2) is 0 Å². The van der Waals surface area contributed by atoms with Gasteiger partial charge in [0.1, 0.15) is 0 Å². The molecule has 2 aromatic rings. The van der Waals surface area contributed by atoms with Crippen molar-refractivity contribution in [3.8, 4) is 0 Å². The average Bonchev–Trinajstić information content (AvgIpc) is 2.75. The van der Waals surface area contributed by atoms with Crippen LogP contribution in [0.3, 0.4) is 0 Å². The maximum atomic E-state index is 11.0. The number of carboxylic acid groups (broad SMARTS) is 1. The minimum absolute atomic E-state index is 0.346. The third-order valence-corrected chi connectivity index (χ3v) is 3.59. The van der Waals surface area contributed by atoms with Crippen LogP contribution in [0.1, 0.15) is 21.5 Å². The van der Waals surface area contributed by atoms with E-state index in [1.54, 1.807) is 12.1 Å². The molecule has 1 aliphatic rings. The molecular formula is C16H16N2O2. The van der Waals surface area contributed by atoms with Crippen molar-refractivity contribution < 1.29 is 9.90 Å². The molecule has 0 saturated carbocycles. The first-order valence-corrected chi connectivity index (χ1v) is 6.54. The summed E-state index contributed by atoms with van der Waals surface area (Å²) in [6.07, 6.45) is 0. The highest BCUT2D eigenvalue weighted by molar-refractivity contribution is 5.88. The number of hydrazine groups is 1. The lowest BCUT2D eigenvalue weighted by atomic mass is 10.1. The molecular weight excluding hydrogens is 252 g/mol. The van der Waals surface area contributed by atoms with Crippen molar-refractivity contribution >= 4 is 11.7 Å². The molecule has 0 aromatic heterocycles. The van der Waals surface area contributed by atoms with Gasteiger partial charge in [-0.05, 0) is 29.3 Å². The molecule has 0 atom stereocenters. The van der Waals surface area contributed by atoms with Crippen LogP contribution < -0.4 is 5.01 Å². The van der Waals surface area contributed by atoms with Gasteiger partial charge in [0, 0.05) is 13.6 Å². The highest BCUT2D eigenvalue weighted by Gasteiger charge is 2.25. The summed E-state index contributed by atoms with van der Waals surface area (Å²) in [6.45, 7) is 1.53. The summed E-state index contributed by atoms with van der Waals surface area (Å²) in [5.74, 6) is -0.878. The highest BCUT2D eigenvalue weighted by atomic mass is 16.4. The highest BCUT2D eigenvalue weighted by Crippen LogP contribution is 2.32. The van der Waals surface area contributed by atoms with E-state index in [0.717, 1.165) is 24.3 Å². The van der Waals surface area contributed by atoms with Crippen LogP contribution in [-0.2, 0) is 13.1 Å². The Kier molecular flexibility index (Phi) is 3.16. The number of hydrogen-bond donors (Lipinski definition) is 1. The Hall–Kier alpha value is -2.33. The first kappa shape index (κ1) is 12.7. The van der Waals surface area contributed by atoms with E-state index in [9.17, 15) is 4.79 Å². The first-order chi connectivity index (χ1) is 9.65. The second-order valence-electron chi connectivity index (χ2n) is 5.01. The van der Waals surface area contributed by atoms with Gasteiger partial charge in [0.2, 0.25) is 0 Å². The molecule has 0 unspecified atom stereocenters. The fourth-order valence-electron chi connectivity index (χ4n) is 2.58. The summed E-state index contributed by atoms with van der Waals surface area (Å²) in [6, 6.07) is 15.6. The van der Waals surface area contributed by atoms with Gasteiger partial charge in [-0.1, -0.05) is 30.3 Å². The van der Waals surface area contributed by atoms with Crippen LogP contribution in [-0.4, -0.2) is 23.1 Å². The van der Waals surface area contributed by atoms with Crippen molar-refractivity contribution in [3.63, 3.8) is 0 Å². The number of anilines is 1. The Morgan fingerprint density at radius 3 is 2.65 bits per heavy atom. The maximum absolute atomic E-state index is 11.0. The van der Waals surface area contributed by atoms with Crippen molar-refractivity contribution in [1.82, 2.24) is 5.01 Å². The molecule has 0 fully saturated rings. The number of nitrogens with zero attached hydrogens (tertiary/aromatic N) is 2. The average molecular weight is 268 g/mol. The van der Waals surface area contributed by atoms with Gasteiger partial charge < -0.3 is 10.1 Å². The number of fused-ring (bicyclic) bond motifs is 1. The predicted molar refractivity (Wildman–Crippen MR) is 77.5 cm³/mol. The summed E-state index contributed by atoms with van der Waals surface area (Å²) < 4.78 is 0. The molecule has 0 amide bonds. The Morgan fingerprint density at radius 1 is 1.20 bits per heavy atom. The molecule has 4 nitrogen and oxygen atoms in total. The molecule has 0 saturated heterocycles. The quantitative estimate of drug-likeness (QED) is 0.929. The minimum atomic E-state index is -0.878. The molecule has 1 aliphatic heterocycles. The summed E-state index contributed by atoms with van der Waals surface area (Å²) >= 11 is 0. The molecule has 0 spiro atoms. The number of carboxylic acids is 1. The van der Waals surface area contributed by atoms with E-state index >= 15 is 0 Å². The molecule has 102 valence electrons. The lowest BCUT2D eigenvalue weighted by Crippen LogP contribution is -2.33. The molecule has 3 rings (SSSR count). The summed E-state index contributed by atoms with van der Waals surface area (Å²) in [4.78, 5) is 11.0. The Morgan fingerprint density at radius 2 is 1.95 bits per heavy atom. The minimum Gasteiger partial charge on any atom is -0.478 e. The van der Waals surface area contributed by atoms with Crippen molar-refractivity contribution in [2.45, 2.75) is 13.1 Å². The van der Waals surface area contributed by atoms with Gasteiger partial charge in [-0.15, -0.1) is 0 Å². The third-order valence-electron chi connectivity index (χ3n) is 3.59. The molecule has 4 heteroatoms. The van der Waals surface area contributed by atoms with Crippen LogP contribution in [0.15, 0.2) is 48.5 Å². The monoisotopic (exact) mass is 268 g/mol. The van der Waals surface area contributed by atoms with Crippen LogP contribution >= 0.6 is 0 Å². The summed E-state index contributed by atoms with van der Waals surface area (Å²) in [5, 5.41) is 13.3. The topological polar surface area (TPSA) is 43.8 Å². The number of aromatic carboxylic acids is 1. The van der Waals surface area contributed by atoms with Gasteiger partial charge in [0.05, 0.1) is 17.8 Å². The third kappa shape index (κ3) is 2.26. The molecule has 1 N–H and O–H groups in total. The molecule has 0 radical (unpaired) electrons. The lowest BCUT2D eigenvalue weighted by Gasteiger charge is -2.27. The second-order valence-corrected chi connectivity index (χ2v) is 5.01. The molecule has 0 bridgehead atoms. The van der Waals surface area contributed by atoms with E-state index in [0.29, 0.717) is 5.56 Å². The smallest absolute Gasteiger partial charge is 0.335 e. The first-order valence-electron chi connectivity index (χ1n) is 6.54. The van der Waals surface area contributed by atoms with Crippen LogP contribution in [0.2, 0.25) is 0 Å². The second kappa shape index (κ2) is 4.98. The van der Waals surface area contributed by atoms with Gasteiger partial charge in [0.25, 0.3) is 0 Å². The maximum Gasteiger partial charge on any atom is 0.335 e. The van der Waals surface area contributed by atoms with E-state index in [4.69, 9.17) is 5.11 Å². The van der Waals surface area contributed by atoms with Crippen molar-refractivity contribution in [2.24, 2.45) is 0 Å². The van der Waals surface area contributed by atoms with E-state index in [1.807, 2.05) is 31.3 Å². The summed E-state index contributed by atoms with van der Waals surface area (Å²) in [7, 11) is 2.02. The zero-order valence-corrected chi connectivity index (χ0v) is 11.3. The number of hydrogen-bond acceptors (Lipinski definition) is 3. The number of rotatable bonds is 3. The lowest BCUT2D eigenvalue weighted by molar-refractivity contribution is 0.0697. The molecule has 2 aromatic carbocycles. The van der Waals surface area contributed by atoms with Crippen molar-refractivity contribution in [2.75, 3.05) is 12.1 Å². The van der Waals surface area contributed by atoms with Gasteiger partial charge in [-0.3, -0.25) is 0 Å².